The van der Waals surface area contributed by atoms with Crippen LogP contribution in [0.4, 0.5) is 10.1 Å². The minimum absolute atomic E-state index is 0.0474. The van der Waals surface area contributed by atoms with Gasteiger partial charge in [0.15, 0.2) is 11.6 Å². The molecular weight excluding hydrogens is 325 g/mol. The maximum atomic E-state index is 13.3. The van der Waals surface area contributed by atoms with E-state index in [0.29, 0.717) is 23.4 Å². The number of halogens is 1. The van der Waals surface area contributed by atoms with Crippen LogP contribution in [0.5, 0.6) is 0 Å². The summed E-state index contributed by atoms with van der Waals surface area (Å²) in [5, 5.41) is 0. The normalized spacial score (nSPS) is 25.8. The molecule has 1 saturated carbocycles. The molecule has 2 aliphatic rings. The smallest absolute Gasteiger partial charge is 0.302 e. The maximum Gasteiger partial charge on any atom is 0.302 e. The number of carbonyl (C=O) groups is 3. The molecule has 1 aromatic rings. The van der Waals surface area contributed by atoms with Crippen molar-refractivity contribution in [2.24, 2.45) is 5.92 Å². The molecule has 0 radical (unpaired) electrons. The summed E-state index contributed by atoms with van der Waals surface area (Å²) in [7, 11) is 0. The Morgan fingerprint density at radius 1 is 1.20 bits per heavy atom. The lowest BCUT2D eigenvalue weighted by atomic mass is 9.72. The first-order valence-corrected chi connectivity index (χ1v) is 8.26. The van der Waals surface area contributed by atoms with Gasteiger partial charge in [0.1, 0.15) is 11.9 Å². The van der Waals surface area contributed by atoms with Crippen molar-refractivity contribution in [2.45, 2.75) is 45.8 Å². The Morgan fingerprint density at radius 3 is 2.40 bits per heavy atom. The lowest BCUT2D eigenvalue weighted by molar-refractivity contribution is -0.152. The van der Waals surface area contributed by atoms with Gasteiger partial charge in [-0.15, -0.1) is 0 Å². The van der Waals surface area contributed by atoms with Crippen molar-refractivity contribution in [1.82, 2.24) is 0 Å². The quantitative estimate of drug-likeness (QED) is 0.788. The zero-order valence-corrected chi connectivity index (χ0v) is 14.4. The summed E-state index contributed by atoms with van der Waals surface area (Å²) < 4.78 is 18.6. The molecular formula is C19H20FNO4. The largest absolute Gasteiger partial charge is 0.461 e. The highest BCUT2D eigenvalue weighted by Crippen LogP contribution is 2.43. The van der Waals surface area contributed by atoms with E-state index < -0.39 is 18.1 Å². The van der Waals surface area contributed by atoms with Crippen LogP contribution in [0.1, 0.15) is 33.6 Å². The molecule has 3 rings (SSSR count). The molecule has 5 nitrogen and oxygen atoms in total. The topological polar surface area (TPSA) is 63.7 Å². The van der Waals surface area contributed by atoms with E-state index in [9.17, 15) is 18.8 Å². The molecule has 1 aliphatic heterocycles. The molecule has 132 valence electrons. The van der Waals surface area contributed by atoms with Crippen molar-refractivity contribution >= 4 is 23.2 Å². The summed E-state index contributed by atoms with van der Waals surface area (Å²) >= 11 is 0. The average molecular weight is 345 g/mol. The fourth-order valence-corrected chi connectivity index (χ4v) is 4.01. The molecule has 0 spiro atoms. The van der Waals surface area contributed by atoms with Gasteiger partial charge in [0, 0.05) is 36.2 Å². The van der Waals surface area contributed by atoms with Crippen molar-refractivity contribution in [3.63, 3.8) is 0 Å². The van der Waals surface area contributed by atoms with Gasteiger partial charge in [0.25, 0.3) is 0 Å². The molecule has 1 fully saturated rings. The number of esters is 1. The Morgan fingerprint density at radius 2 is 1.84 bits per heavy atom. The van der Waals surface area contributed by atoms with Crippen LogP contribution in [0, 0.1) is 11.7 Å². The Hall–Kier alpha value is -2.50. The number of nitrogens with zero attached hydrogens (tertiary/aromatic N) is 1. The first-order valence-electron chi connectivity index (χ1n) is 8.26. The van der Waals surface area contributed by atoms with Crippen LogP contribution in [-0.2, 0) is 19.1 Å². The summed E-state index contributed by atoms with van der Waals surface area (Å²) in [6, 6.07) is 5.42. The van der Waals surface area contributed by atoms with Gasteiger partial charge in [-0.3, -0.25) is 14.4 Å². The summed E-state index contributed by atoms with van der Waals surface area (Å²) in [4.78, 5) is 38.1. The standard InChI is InChI=1S/C19H20FNO4/c1-10-19(11(2)22)15-8-16(17(24)9-18(15)25-12(3)23)21(10)14-6-4-13(20)5-7-14/h4-7,15-16,18H,8-9H2,1-3H3/t15-,16+,18-/m1/s1. The molecule has 25 heavy (non-hydrogen) atoms. The summed E-state index contributed by atoms with van der Waals surface area (Å²) in [6.45, 7) is 4.56. The molecule has 0 N–H and O–H groups in total. The van der Waals surface area contributed by atoms with Gasteiger partial charge in [0.2, 0.25) is 0 Å². The molecule has 3 atom stereocenters. The maximum absolute atomic E-state index is 13.3. The predicted octanol–water partition coefficient (Wildman–Crippen LogP) is 2.79. The van der Waals surface area contributed by atoms with E-state index in [4.69, 9.17) is 4.74 Å². The van der Waals surface area contributed by atoms with E-state index in [0.717, 1.165) is 0 Å². The number of ketones is 2. The summed E-state index contributed by atoms with van der Waals surface area (Å²) in [5.74, 6) is -1.27. The zero-order valence-electron chi connectivity index (χ0n) is 14.4. The first-order chi connectivity index (χ1) is 11.8. The third-order valence-electron chi connectivity index (χ3n) is 4.94. The lowest BCUT2D eigenvalue weighted by Gasteiger charge is -2.47. The fraction of sp³-hybridized carbons (Fsp3) is 0.421. The van der Waals surface area contributed by atoms with E-state index in [1.165, 1.54) is 26.0 Å². The number of hydrogen-bond acceptors (Lipinski definition) is 5. The number of rotatable bonds is 3. The van der Waals surface area contributed by atoms with Crippen LogP contribution in [0.2, 0.25) is 0 Å². The van der Waals surface area contributed by atoms with Gasteiger partial charge in [-0.1, -0.05) is 0 Å². The number of Topliss-reactive ketones (excluding diaryl/α,β-unsaturated/α-hetero) is 2. The van der Waals surface area contributed by atoms with Crippen molar-refractivity contribution < 1.29 is 23.5 Å². The van der Waals surface area contributed by atoms with E-state index in [2.05, 4.69) is 0 Å². The van der Waals surface area contributed by atoms with Gasteiger partial charge in [-0.05, 0) is 44.5 Å². The van der Waals surface area contributed by atoms with Gasteiger partial charge < -0.3 is 9.64 Å². The van der Waals surface area contributed by atoms with Gasteiger partial charge in [-0.2, -0.15) is 0 Å². The number of benzene rings is 1. The number of hydrogen-bond donors (Lipinski definition) is 0. The summed E-state index contributed by atoms with van der Waals surface area (Å²) in [6.07, 6.45) is -0.123. The molecule has 1 aromatic carbocycles. The van der Waals surface area contributed by atoms with E-state index >= 15 is 0 Å². The van der Waals surface area contributed by atoms with Gasteiger partial charge in [0.05, 0.1) is 6.04 Å². The van der Waals surface area contributed by atoms with Crippen molar-refractivity contribution in [1.29, 1.82) is 0 Å². The lowest BCUT2D eigenvalue weighted by Crippen LogP contribution is -2.54. The Bertz CT molecular complexity index is 768. The number of carbonyl (C=O) groups excluding carboxylic acids is 3. The third kappa shape index (κ3) is 3.08. The Labute approximate surface area is 145 Å². The van der Waals surface area contributed by atoms with E-state index in [-0.39, 0.29) is 29.7 Å². The SMILES string of the molecule is CC(=O)O[C@@H]1CC(=O)[C@@H]2C[C@H]1C(C(C)=O)=C(C)N2c1ccc(F)cc1. The highest BCUT2D eigenvalue weighted by atomic mass is 19.1. The monoisotopic (exact) mass is 345 g/mol. The number of fused-ring (bicyclic) bond motifs is 2. The molecule has 6 heteroatoms. The minimum Gasteiger partial charge on any atom is -0.461 e. The molecule has 0 aromatic heterocycles. The second-order valence-corrected chi connectivity index (χ2v) is 6.58. The molecule has 0 unspecified atom stereocenters. The van der Waals surface area contributed by atoms with Crippen LogP contribution in [-0.4, -0.2) is 29.7 Å². The first kappa shape index (κ1) is 17.3. The van der Waals surface area contributed by atoms with Crippen LogP contribution in [0.3, 0.4) is 0 Å². The molecule has 0 amide bonds. The van der Waals surface area contributed by atoms with Crippen molar-refractivity contribution in [3.8, 4) is 0 Å². The van der Waals surface area contributed by atoms with Crippen molar-refractivity contribution in [2.75, 3.05) is 4.90 Å². The molecule has 0 saturated heterocycles. The second-order valence-electron chi connectivity index (χ2n) is 6.58. The number of anilines is 1. The number of allylic oxidation sites excluding steroid dienone is 1. The van der Waals surface area contributed by atoms with Crippen LogP contribution >= 0.6 is 0 Å². The average Bonchev–Trinajstić information content (AvgIpc) is 2.52. The molecule has 1 heterocycles. The fourth-order valence-electron chi connectivity index (χ4n) is 4.01. The van der Waals surface area contributed by atoms with E-state index in [1.54, 1.807) is 24.0 Å². The van der Waals surface area contributed by atoms with Gasteiger partial charge >= 0.3 is 5.97 Å². The zero-order chi connectivity index (χ0) is 18.3. The number of ether oxygens (including phenoxy) is 1. The summed E-state index contributed by atoms with van der Waals surface area (Å²) in [5.41, 5.74) is 1.89. The van der Waals surface area contributed by atoms with E-state index in [1.807, 2.05) is 0 Å². The minimum atomic E-state index is -0.606. The van der Waals surface area contributed by atoms with Gasteiger partial charge in [-0.25, -0.2) is 4.39 Å². The molecule has 1 aliphatic carbocycles. The molecule has 2 bridgehead atoms. The van der Waals surface area contributed by atoms with Crippen LogP contribution in [0.15, 0.2) is 35.5 Å². The highest BCUT2D eigenvalue weighted by Gasteiger charge is 2.48. The Balaban J connectivity index is 2.10. The van der Waals surface area contributed by atoms with Crippen molar-refractivity contribution in [3.05, 3.63) is 41.4 Å². The predicted molar refractivity (Wildman–Crippen MR) is 89.3 cm³/mol. The van der Waals surface area contributed by atoms with Crippen LogP contribution < -0.4 is 4.90 Å². The second kappa shape index (κ2) is 6.43. The highest BCUT2D eigenvalue weighted by molar-refractivity contribution is 5.99. The Kier molecular flexibility index (Phi) is 4.45. The van der Waals surface area contributed by atoms with Crippen LogP contribution in [0.25, 0.3) is 0 Å². The third-order valence-corrected chi connectivity index (χ3v) is 4.94.